The molecule has 1 aliphatic heterocycles. The van der Waals surface area contributed by atoms with Crippen LogP contribution in [0, 0.1) is 0 Å². The van der Waals surface area contributed by atoms with Gasteiger partial charge in [-0.1, -0.05) is 6.08 Å². The molecule has 0 saturated carbocycles. The van der Waals surface area contributed by atoms with Crippen molar-refractivity contribution in [3.8, 4) is 0 Å². The maximum atomic E-state index is 11.9. The van der Waals surface area contributed by atoms with Crippen molar-refractivity contribution in [2.45, 2.75) is 58.7 Å². The first-order valence-electron chi connectivity index (χ1n) is 8.58. The van der Waals surface area contributed by atoms with E-state index in [0.29, 0.717) is 6.54 Å². The van der Waals surface area contributed by atoms with E-state index in [9.17, 15) is 9.59 Å². The molecule has 25 heavy (non-hydrogen) atoms. The Morgan fingerprint density at radius 3 is 2.64 bits per heavy atom. The van der Waals surface area contributed by atoms with Gasteiger partial charge < -0.3 is 10.6 Å². The molecule has 7 heteroatoms. The van der Waals surface area contributed by atoms with Crippen LogP contribution in [0.5, 0.6) is 0 Å². The smallest absolute Gasteiger partial charge is 0.267 e. The van der Waals surface area contributed by atoms with Crippen molar-refractivity contribution in [2.75, 3.05) is 6.54 Å². The summed E-state index contributed by atoms with van der Waals surface area (Å²) in [6.07, 6.45) is 3.98. The van der Waals surface area contributed by atoms with Crippen LogP contribution in [-0.2, 0) is 11.3 Å². The van der Waals surface area contributed by atoms with Gasteiger partial charge in [0, 0.05) is 24.1 Å². The predicted octanol–water partition coefficient (Wildman–Crippen LogP) is 1.21. The van der Waals surface area contributed by atoms with E-state index in [-0.39, 0.29) is 35.5 Å². The quantitative estimate of drug-likeness (QED) is 0.858. The summed E-state index contributed by atoms with van der Waals surface area (Å²) >= 11 is 0. The lowest BCUT2D eigenvalue weighted by Gasteiger charge is -2.27. The third-order valence-corrected chi connectivity index (χ3v) is 3.72. The highest BCUT2D eigenvalue weighted by Crippen LogP contribution is 2.24. The molecular weight excluding hydrogens is 318 g/mol. The third-order valence-electron chi connectivity index (χ3n) is 3.72. The zero-order valence-electron chi connectivity index (χ0n) is 15.5. The number of aliphatic imine (C=N–C) groups is 1. The van der Waals surface area contributed by atoms with Crippen LogP contribution in [0.15, 0.2) is 34.1 Å². The minimum Gasteiger partial charge on any atom is -0.366 e. The van der Waals surface area contributed by atoms with Gasteiger partial charge in [0.15, 0.2) is 0 Å². The van der Waals surface area contributed by atoms with E-state index in [4.69, 9.17) is 0 Å². The highest BCUT2D eigenvalue weighted by atomic mass is 16.2. The van der Waals surface area contributed by atoms with Crippen molar-refractivity contribution in [1.82, 2.24) is 20.4 Å². The van der Waals surface area contributed by atoms with Gasteiger partial charge in [-0.15, -0.1) is 0 Å². The predicted molar refractivity (Wildman–Crippen MR) is 98.8 cm³/mol. The molecule has 2 unspecified atom stereocenters. The number of carbonyl (C=O) groups is 1. The Hall–Kier alpha value is -2.44. The topological polar surface area (TPSA) is 88.4 Å². The molecule has 1 aromatic heterocycles. The maximum Gasteiger partial charge on any atom is 0.267 e. The van der Waals surface area contributed by atoms with Gasteiger partial charge in [0.25, 0.3) is 5.56 Å². The van der Waals surface area contributed by atoms with Crippen molar-refractivity contribution >= 4 is 11.7 Å². The van der Waals surface area contributed by atoms with Crippen molar-refractivity contribution in [3.63, 3.8) is 0 Å². The highest BCUT2D eigenvalue weighted by Gasteiger charge is 2.23. The number of dihydropyridines is 1. The summed E-state index contributed by atoms with van der Waals surface area (Å²) in [6, 6.07) is 3.15. The van der Waals surface area contributed by atoms with Crippen molar-refractivity contribution in [3.05, 3.63) is 40.3 Å². The number of amidine groups is 1. The molecule has 136 valence electrons. The average molecular weight is 345 g/mol. The number of hydrogen-bond acceptors (Lipinski definition) is 5. The van der Waals surface area contributed by atoms with Gasteiger partial charge in [0.1, 0.15) is 12.4 Å². The van der Waals surface area contributed by atoms with E-state index in [1.54, 1.807) is 6.07 Å². The lowest BCUT2D eigenvalue weighted by molar-refractivity contribution is -0.121. The summed E-state index contributed by atoms with van der Waals surface area (Å²) in [5.74, 6) is 0.578. The Morgan fingerprint density at radius 2 is 2.04 bits per heavy atom. The van der Waals surface area contributed by atoms with E-state index in [1.165, 1.54) is 10.7 Å². The monoisotopic (exact) mass is 345 g/mol. The SMILES string of the molecule is CCNC(=O)Cn1nc(C2C=CC(NC(C)(C)C)=NC2C)ccc1=O. The Labute approximate surface area is 148 Å². The summed E-state index contributed by atoms with van der Waals surface area (Å²) in [5, 5.41) is 10.4. The molecule has 1 aromatic rings. The summed E-state index contributed by atoms with van der Waals surface area (Å²) < 4.78 is 1.20. The van der Waals surface area contributed by atoms with Gasteiger partial charge in [0.05, 0.1) is 11.7 Å². The lowest BCUT2D eigenvalue weighted by Crippen LogP contribution is -2.41. The Balaban J connectivity index is 2.19. The molecule has 2 N–H and O–H groups in total. The molecule has 0 aromatic carbocycles. The second kappa shape index (κ2) is 7.63. The summed E-state index contributed by atoms with van der Waals surface area (Å²) in [6.45, 7) is 10.5. The first-order chi connectivity index (χ1) is 11.7. The molecule has 0 aliphatic carbocycles. The molecule has 2 atom stereocenters. The average Bonchev–Trinajstić information content (AvgIpc) is 2.48. The highest BCUT2D eigenvalue weighted by molar-refractivity contribution is 5.94. The Morgan fingerprint density at radius 1 is 1.32 bits per heavy atom. The number of rotatable bonds is 4. The molecule has 0 fully saturated rings. The maximum absolute atomic E-state index is 11.9. The van der Waals surface area contributed by atoms with Gasteiger partial charge in [-0.05, 0) is 46.8 Å². The van der Waals surface area contributed by atoms with E-state index in [0.717, 1.165) is 11.5 Å². The molecular formula is C18H27N5O2. The number of amides is 1. The van der Waals surface area contributed by atoms with Crippen LogP contribution in [0.4, 0.5) is 0 Å². The van der Waals surface area contributed by atoms with E-state index in [1.807, 2.05) is 26.0 Å². The summed E-state index contributed by atoms with van der Waals surface area (Å²) in [4.78, 5) is 28.4. The largest absolute Gasteiger partial charge is 0.366 e. The number of nitrogens with one attached hydrogen (secondary N) is 2. The van der Waals surface area contributed by atoms with Crippen molar-refractivity contribution in [1.29, 1.82) is 0 Å². The minimum absolute atomic E-state index is 0.0160. The van der Waals surface area contributed by atoms with Gasteiger partial charge in [-0.3, -0.25) is 14.6 Å². The molecule has 1 aliphatic rings. The number of hydrogen-bond donors (Lipinski definition) is 2. The lowest BCUT2D eigenvalue weighted by atomic mass is 9.94. The van der Waals surface area contributed by atoms with Crippen molar-refractivity contribution < 1.29 is 4.79 Å². The van der Waals surface area contributed by atoms with Gasteiger partial charge in [-0.2, -0.15) is 5.10 Å². The van der Waals surface area contributed by atoms with Crippen LogP contribution < -0.4 is 16.2 Å². The van der Waals surface area contributed by atoms with E-state index in [2.05, 4.69) is 41.5 Å². The van der Waals surface area contributed by atoms with Crippen LogP contribution in [-0.4, -0.2) is 39.6 Å². The first kappa shape index (κ1) is 18.9. The first-order valence-corrected chi connectivity index (χ1v) is 8.58. The third kappa shape index (κ3) is 5.27. The summed E-state index contributed by atoms with van der Waals surface area (Å²) in [5.41, 5.74) is 0.376. The molecule has 0 bridgehead atoms. The molecule has 1 amide bonds. The molecule has 0 spiro atoms. The molecule has 0 radical (unpaired) electrons. The number of aromatic nitrogens is 2. The van der Waals surface area contributed by atoms with E-state index >= 15 is 0 Å². The van der Waals surface area contributed by atoms with Gasteiger partial charge in [-0.25, -0.2) is 4.68 Å². The van der Waals surface area contributed by atoms with Gasteiger partial charge >= 0.3 is 0 Å². The fourth-order valence-electron chi connectivity index (χ4n) is 2.65. The van der Waals surface area contributed by atoms with Crippen LogP contribution in [0.1, 0.15) is 46.2 Å². The second-order valence-corrected chi connectivity index (χ2v) is 7.22. The zero-order valence-corrected chi connectivity index (χ0v) is 15.5. The Bertz CT molecular complexity index is 743. The van der Waals surface area contributed by atoms with Crippen LogP contribution in [0.25, 0.3) is 0 Å². The van der Waals surface area contributed by atoms with Gasteiger partial charge in [0.2, 0.25) is 5.91 Å². The Kier molecular flexibility index (Phi) is 5.77. The fraction of sp³-hybridized carbons (Fsp3) is 0.556. The minimum atomic E-state index is -0.291. The standard InChI is InChI=1S/C18H27N5O2/c1-6-19-16(24)11-23-17(25)10-8-14(22-23)13-7-9-15(20-12(13)2)21-18(3,4)5/h7-10,12-13H,6,11H2,1-5H3,(H,19,24)(H,20,21). The van der Waals surface area contributed by atoms with Crippen molar-refractivity contribution in [2.24, 2.45) is 4.99 Å². The molecule has 7 nitrogen and oxygen atoms in total. The van der Waals surface area contributed by atoms with Crippen LogP contribution in [0.2, 0.25) is 0 Å². The zero-order chi connectivity index (χ0) is 18.6. The van der Waals surface area contributed by atoms with E-state index < -0.39 is 0 Å². The molecule has 2 heterocycles. The fourth-order valence-corrected chi connectivity index (χ4v) is 2.65. The van der Waals surface area contributed by atoms with Crippen LogP contribution in [0.3, 0.4) is 0 Å². The number of likely N-dealkylation sites (N-methyl/N-ethyl adjacent to an activating group) is 1. The molecule has 2 rings (SSSR count). The number of nitrogens with zero attached hydrogens (tertiary/aromatic N) is 3. The second-order valence-electron chi connectivity index (χ2n) is 7.22. The summed E-state index contributed by atoms with van der Waals surface area (Å²) in [7, 11) is 0. The number of carbonyl (C=O) groups excluding carboxylic acids is 1. The van der Waals surface area contributed by atoms with Crippen LogP contribution >= 0.6 is 0 Å². The normalized spacial score (nSPS) is 20.1. The molecule has 0 saturated heterocycles.